The third kappa shape index (κ3) is 3.25. The minimum atomic E-state index is -0.0350. The Kier molecular flexibility index (Phi) is 4.48. The van der Waals surface area contributed by atoms with Crippen molar-refractivity contribution < 1.29 is 9.59 Å². The lowest BCUT2D eigenvalue weighted by Crippen LogP contribution is -2.56. The molecule has 0 aromatic heterocycles. The third-order valence-electron chi connectivity index (χ3n) is 7.92. The number of hydrogen-bond donors (Lipinski definition) is 1. The topological polar surface area (TPSA) is 49.4 Å². The molecule has 1 heterocycles. The second-order valence-corrected chi connectivity index (χ2v) is 10.1. The Balaban J connectivity index is 1.18. The maximum Gasteiger partial charge on any atom is 0.251 e. The summed E-state index contributed by atoms with van der Waals surface area (Å²) in [5, 5.41) is 3.17. The number of aryl methyl sites for hydroxylation is 1. The molecule has 1 aromatic rings. The molecule has 4 heteroatoms. The summed E-state index contributed by atoms with van der Waals surface area (Å²) in [6.45, 7) is 3.61. The molecule has 2 amide bonds. The summed E-state index contributed by atoms with van der Waals surface area (Å²) < 4.78 is 0. The van der Waals surface area contributed by atoms with E-state index in [0.29, 0.717) is 5.91 Å². The molecule has 4 nitrogen and oxygen atoms in total. The number of carbonyl (C=O) groups excluding carboxylic acids is 2. The van der Waals surface area contributed by atoms with Gasteiger partial charge >= 0.3 is 0 Å². The molecular formula is C24H32N2O2. The van der Waals surface area contributed by atoms with Gasteiger partial charge in [-0.1, -0.05) is 17.7 Å². The molecule has 1 saturated heterocycles. The van der Waals surface area contributed by atoms with Gasteiger partial charge in [-0.3, -0.25) is 9.59 Å². The normalized spacial score (nSPS) is 34.5. The summed E-state index contributed by atoms with van der Waals surface area (Å²) in [7, 11) is 0. The summed E-state index contributed by atoms with van der Waals surface area (Å²) in [6, 6.07) is 7.89. The summed E-state index contributed by atoms with van der Waals surface area (Å²) >= 11 is 0. The molecule has 0 radical (unpaired) electrons. The monoisotopic (exact) mass is 380 g/mol. The number of rotatable bonds is 3. The van der Waals surface area contributed by atoms with E-state index in [4.69, 9.17) is 0 Å². The summed E-state index contributed by atoms with van der Waals surface area (Å²) in [5.74, 6) is 2.87. The number of nitrogens with zero attached hydrogens (tertiary/aromatic N) is 1. The van der Waals surface area contributed by atoms with Gasteiger partial charge < -0.3 is 10.2 Å². The molecule has 28 heavy (non-hydrogen) atoms. The second-order valence-electron chi connectivity index (χ2n) is 10.1. The lowest BCUT2D eigenvalue weighted by atomic mass is 9.49. The van der Waals surface area contributed by atoms with Crippen molar-refractivity contribution in [2.24, 2.45) is 23.2 Å². The predicted octanol–water partition coefficient (Wildman–Crippen LogP) is 3.93. The van der Waals surface area contributed by atoms with Crippen LogP contribution in [0.2, 0.25) is 0 Å². The van der Waals surface area contributed by atoms with Gasteiger partial charge in [-0.2, -0.15) is 0 Å². The predicted molar refractivity (Wildman–Crippen MR) is 109 cm³/mol. The smallest absolute Gasteiger partial charge is 0.251 e. The van der Waals surface area contributed by atoms with E-state index in [1.165, 1.54) is 19.3 Å². The molecule has 6 rings (SSSR count). The molecule has 5 aliphatic rings. The Hall–Kier alpha value is -1.84. The quantitative estimate of drug-likeness (QED) is 0.864. The van der Waals surface area contributed by atoms with Crippen LogP contribution < -0.4 is 5.32 Å². The van der Waals surface area contributed by atoms with E-state index >= 15 is 0 Å². The third-order valence-corrected chi connectivity index (χ3v) is 7.92. The van der Waals surface area contributed by atoms with Crippen LogP contribution in [0.5, 0.6) is 0 Å². The Labute approximate surface area is 168 Å². The second kappa shape index (κ2) is 6.89. The van der Waals surface area contributed by atoms with Crippen LogP contribution in [-0.2, 0) is 4.79 Å². The molecule has 0 spiro atoms. The van der Waals surface area contributed by atoms with Crippen molar-refractivity contribution in [3.8, 4) is 0 Å². The molecule has 1 aliphatic heterocycles. The SMILES string of the molecule is Cc1ccc(C(=O)NC2CCN(C(=O)C34CC5CC(CC(C5)C3)C4)CC2)cc1. The summed E-state index contributed by atoms with van der Waals surface area (Å²) in [4.78, 5) is 28.1. The van der Waals surface area contributed by atoms with E-state index in [9.17, 15) is 9.59 Å². The fourth-order valence-electron chi connectivity index (χ4n) is 6.91. The largest absolute Gasteiger partial charge is 0.349 e. The van der Waals surface area contributed by atoms with Crippen LogP contribution in [0.4, 0.5) is 0 Å². The number of amides is 2. The Morgan fingerprint density at radius 1 is 0.929 bits per heavy atom. The van der Waals surface area contributed by atoms with E-state index in [-0.39, 0.29) is 17.4 Å². The molecule has 0 unspecified atom stereocenters. The van der Waals surface area contributed by atoms with Gasteiger partial charge in [0.25, 0.3) is 5.91 Å². The van der Waals surface area contributed by atoms with Crippen molar-refractivity contribution in [1.82, 2.24) is 10.2 Å². The number of piperidine rings is 1. The van der Waals surface area contributed by atoms with Crippen LogP contribution in [-0.4, -0.2) is 35.8 Å². The maximum absolute atomic E-state index is 13.5. The van der Waals surface area contributed by atoms with Gasteiger partial charge in [-0.25, -0.2) is 0 Å². The lowest BCUT2D eigenvalue weighted by molar-refractivity contribution is -0.158. The Morgan fingerprint density at radius 3 is 2.00 bits per heavy atom. The fraction of sp³-hybridized carbons (Fsp3) is 0.667. The van der Waals surface area contributed by atoms with Gasteiger partial charge in [-0.05, 0) is 88.2 Å². The van der Waals surface area contributed by atoms with E-state index in [1.54, 1.807) is 0 Å². The van der Waals surface area contributed by atoms with Crippen LogP contribution in [0.15, 0.2) is 24.3 Å². The van der Waals surface area contributed by atoms with Gasteiger partial charge in [0.15, 0.2) is 0 Å². The number of hydrogen-bond acceptors (Lipinski definition) is 2. The molecular weight excluding hydrogens is 348 g/mol. The lowest BCUT2D eigenvalue weighted by Gasteiger charge is -2.57. The first-order valence-electron chi connectivity index (χ1n) is 11.2. The van der Waals surface area contributed by atoms with Gasteiger partial charge in [0, 0.05) is 24.7 Å². The zero-order valence-corrected chi connectivity index (χ0v) is 17.0. The Morgan fingerprint density at radius 2 is 1.46 bits per heavy atom. The molecule has 4 bridgehead atoms. The standard InChI is InChI=1S/C24H32N2O2/c1-16-2-4-20(5-3-16)22(27)25-21-6-8-26(9-7-21)23(28)24-13-17-10-18(14-24)12-19(11-17)15-24/h2-5,17-19,21H,6-15H2,1H3,(H,25,27). The van der Waals surface area contributed by atoms with Gasteiger partial charge in [0.2, 0.25) is 5.91 Å². The van der Waals surface area contributed by atoms with Crippen molar-refractivity contribution in [1.29, 1.82) is 0 Å². The van der Waals surface area contributed by atoms with Crippen molar-refractivity contribution in [3.63, 3.8) is 0 Å². The molecule has 0 atom stereocenters. The molecule has 4 aliphatic carbocycles. The van der Waals surface area contributed by atoms with Gasteiger partial charge in [-0.15, -0.1) is 0 Å². The van der Waals surface area contributed by atoms with Crippen LogP contribution in [0.3, 0.4) is 0 Å². The van der Waals surface area contributed by atoms with Gasteiger partial charge in [0.1, 0.15) is 0 Å². The average molecular weight is 381 g/mol. The number of nitrogens with one attached hydrogen (secondary N) is 1. The first-order chi connectivity index (χ1) is 13.5. The van der Waals surface area contributed by atoms with Crippen LogP contribution in [0.25, 0.3) is 0 Å². The van der Waals surface area contributed by atoms with E-state index < -0.39 is 0 Å². The minimum Gasteiger partial charge on any atom is -0.349 e. The first-order valence-corrected chi connectivity index (χ1v) is 11.2. The maximum atomic E-state index is 13.5. The highest BCUT2D eigenvalue weighted by atomic mass is 16.2. The van der Waals surface area contributed by atoms with Gasteiger partial charge in [0.05, 0.1) is 5.41 Å². The van der Waals surface area contributed by atoms with E-state index in [2.05, 4.69) is 10.2 Å². The molecule has 5 fully saturated rings. The van der Waals surface area contributed by atoms with Crippen molar-refractivity contribution in [2.75, 3.05) is 13.1 Å². The highest BCUT2D eigenvalue weighted by Gasteiger charge is 2.55. The fourth-order valence-corrected chi connectivity index (χ4v) is 6.91. The number of likely N-dealkylation sites (tertiary alicyclic amines) is 1. The van der Waals surface area contributed by atoms with Crippen molar-refractivity contribution in [3.05, 3.63) is 35.4 Å². The highest BCUT2D eigenvalue weighted by molar-refractivity contribution is 5.94. The summed E-state index contributed by atoms with van der Waals surface area (Å²) in [5.41, 5.74) is 1.85. The summed E-state index contributed by atoms with van der Waals surface area (Å²) in [6.07, 6.45) is 9.29. The van der Waals surface area contributed by atoms with Crippen molar-refractivity contribution in [2.45, 2.75) is 64.3 Å². The van der Waals surface area contributed by atoms with Crippen LogP contribution in [0.1, 0.15) is 67.3 Å². The van der Waals surface area contributed by atoms with Crippen molar-refractivity contribution >= 4 is 11.8 Å². The zero-order valence-electron chi connectivity index (χ0n) is 17.0. The highest BCUT2D eigenvalue weighted by Crippen LogP contribution is 2.60. The molecule has 150 valence electrons. The van der Waals surface area contributed by atoms with Crippen LogP contribution >= 0.6 is 0 Å². The van der Waals surface area contributed by atoms with E-state index in [1.807, 2.05) is 31.2 Å². The molecule has 1 N–H and O–H groups in total. The minimum absolute atomic E-state index is 0.00543. The zero-order chi connectivity index (χ0) is 19.3. The average Bonchev–Trinajstić information content (AvgIpc) is 2.67. The molecule has 1 aromatic carbocycles. The van der Waals surface area contributed by atoms with Crippen LogP contribution in [0, 0.1) is 30.1 Å². The Bertz CT molecular complexity index is 726. The number of carbonyl (C=O) groups is 2. The number of benzene rings is 1. The molecule has 4 saturated carbocycles. The van der Waals surface area contributed by atoms with E-state index in [0.717, 1.165) is 74.1 Å². The first kappa shape index (κ1) is 18.2.